The molecule has 0 radical (unpaired) electrons. The number of aromatic hydroxyl groups is 1. The van der Waals surface area contributed by atoms with E-state index in [2.05, 4.69) is 5.32 Å². The predicted octanol–water partition coefficient (Wildman–Crippen LogP) is 1.18. The Morgan fingerprint density at radius 2 is 2.06 bits per heavy atom. The summed E-state index contributed by atoms with van der Waals surface area (Å²) < 4.78 is 0. The smallest absolute Gasteiger partial charge is 0.322 e. The third-order valence-corrected chi connectivity index (χ3v) is 2.33. The molecule has 0 saturated heterocycles. The first-order valence-electron chi connectivity index (χ1n) is 4.95. The van der Waals surface area contributed by atoms with Crippen LogP contribution < -0.4 is 5.32 Å². The van der Waals surface area contributed by atoms with Crippen LogP contribution in [0.5, 0.6) is 5.75 Å². The number of phenolic OH excluding ortho intramolecular Hbond substituents is 1. The summed E-state index contributed by atoms with van der Waals surface area (Å²) in [6.45, 7) is -0.402. The molecule has 0 aliphatic rings. The van der Waals surface area contributed by atoms with Crippen molar-refractivity contribution in [2.45, 2.75) is 12.8 Å². The van der Waals surface area contributed by atoms with Crippen molar-refractivity contribution >= 4 is 23.5 Å². The Hall–Kier alpha value is -1.75. The summed E-state index contributed by atoms with van der Waals surface area (Å²) in [7, 11) is 0. The summed E-state index contributed by atoms with van der Waals surface area (Å²) in [5, 5.41) is 20.5. The summed E-state index contributed by atoms with van der Waals surface area (Å²) >= 11 is 5.75. The summed E-state index contributed by atoms with van der Waals surface area (Å²) in [5.41, 5.74) is 0.558. The van der Waals surface area contributed by atoms with Crippen molar-refractivity contribution in [3.63, 3.8) is 0 Å². The van der Waals surface area contributed by atoms with Gasteiger partial charge in [0.2, 0.25) is 5.91 Å². The van der Waals surface area contributed by atoms with Crippen molar-refractivity contribution < 1.29 is 19.8 Å². The first kappa shape index (κ1) is 13.3. The van der Waals surface area contributed by atoms with Crippen molar-refractivity contribution in [3.8, 4) is 5.75 Å². The number of carboxylic acids is 1. The molecule has 0 aliphatic carbocycles. The first-order valence-corrected chi connectivity index (χ1v) is 5.32. The number of hydrogen-bond donors (Lipinski definition) is 3. The zero-order valence-corrected chi connectivity index (χ0v) is 9.70. The highest BCUT2D eigenvalue weighted by Crippen LogP contribution is 2.22. The second kappa shape index (κ2) is 6.10. The summed E-state index contributed by atoms with van der Waals surface area (Å²) in [5.74, 6) is -1.41. The van der Waals surface area contributed by atoms with E-state index in [0.29, 0.717) is 17.0 Å². The van der Waals surface area contributed by atoms with Gasteiger partial charge in [0, 0.05) is 11.4 Å². The van der Waals surface area contributed by atoms with E-state index in [4.69, 9.17) is 16.7 Å². The summed E-state index contributed by atoms with van der Waals surface area (Å²) in [6.07, 6.45) is 0.402. The zero-order chi connectivity index (χ0) is 12.8. The van der Waals surface area contributed by atoms with E-state index < -0.39 is 12.5 Å². The maximum Gasteiger partial charge on any atom is 0.322 e. The molecule has 0 fully saturated rings. The number of halogens is 1. The lowest BCUT2D eigenvalue weighted by Crippen LogP contribution is -2.29. The van der Waals surface area contributed by atoms with Crippen molar-refractivity contribution in [3.05, 3.63) is 28.8 Å². The molecule has 92 valence electrons. The maximum absolute atomic E-state index is 11.2. The minimum absolute atomic E-state index is 0.0698. The summed E-state index contributed by atoms with van der Waals surface area (Å²) in [6, 6.07) is 4.57. The van der Waals surface area contributed by atoms with Gasteiger partial charge in [-0.25, -0.2) is 0 Å². The number of hydrogen-bond acceptors (Lipinski definition) is 3. The van der Waals surface area contributed by atoms with Gasteiger partial charge in [-0.3, -0.25) is 9.59 Å². The van der Waals surface area contributed by atoms with Crippen LogP contribution in [-0.2, 0) is 16.0 Å². The van der Waals surface area contributed by atoms with E-state index >= 15 is 0 Å². The Bertz CT molecular complexity index is 433. The van der Waals surface area contributed by atoms with E-state index in [0.717, 1.165) is 0 Å². The van der Waals surface area contributed by atoms with Gasteiger partial charge in [-0.15, -0.1) is 0 Å². The summed E-state index contributed by atoms with van der Waals surface area (Å²) in [4.78, 5) is 21.4. The number of nitrogens with one attached hydrogen (secondary N) is 1. The Morgan fingerprint density at radius 3 is 2.71 bits per heavy atom. The molecule has 0 bridgehead atoms. The van der Waals surface area contributed by atoms with E-state index in [1.807, 2.05) is 0 Å². The van der Waals surface area contributed by atoms with E-state index in [-0.39, 0.29) is 18.1 Å². The van der Waals surface area contributed by atoms with Gasteiger partial charge in [-0.2, -0.15) is 0 Å². The van der Waals surface area contributed by atoms with Gasteiger partial charge in [-0.05, 0) is 30.2 Å². The highest BCUT2D eigenvalue weighted by Gasteiger charge is 2.07. The molecule has 1 aromatic carbocycles. The third kappa shape index (κ3) is 4.74. The Labute approximate surface area is 103 Å². The molecule has 3 N–H and O–H groups in total. The number of aryl methyl sites for hydroxylation is 1. The average molecular weight is 258 g/mol. The molecule has 0 spiro atoms. The molecule has 0 aromatic heterocycles. The predicted molar refractivity (Wildman–Crippen MR) is 62.1 cm³/mol. The molecule has 17 heavy (non-hydrogen) atoms. The highest BCUT2D eigenvalue weighted by atomic mass is 35.5. The molecular formula is C11H12ClNO4. The first-order chi connectivity index (χ1) is 7.99. The minimum Gasteiger partial charge on any atom is -0.508 e. The number of carboxylic acid groups (broad SMARTS) is 1. The van der Waals surface area contributed by atoms with Gasteiger partial charge in [-0.1, -0.05) is 11.6 Å². The molecule has 5 nitrogen and oxygen atoms in total. The normalized spacial score (nSPS) is 9.94. The number of carbonyl (C=O) groups excluding carboxylic acids is 1. The molecule has 6 heteroatoms. The molecule has 0 saturated carbocycles. The van der Waals surface area contributed by atoms with Crippen LogP contribution in [0.1, 0.15) is 12.0 Å². The number of benzene rings is 1. The lowest BCUT2D eigenvalue weighted by Gasteiger charge is -2.05. The number of aliphatic carboxylic acids is 1. The van der Waals surface area contributed by atoms with Gasteiger partial charge in [0.05, 0.1) is 0 Å². The van der Waals surface area contributed by atoms with Crippen molar-refractivity contribution in [1.29, 1.82) is 0 Å². The third-order valence-electron chi connectivity index (χ3n) is 2.10. The monoisotopic (exact) mass is 257 g/mol. The molecular weight excluding hydrogens is 246 g/mol. The van der Waals surface area contributed by atoms with Gasteiger partial charge in [0.25, 0.3) is 0 Å². The van der Waals surface area contributed by atoms with Crippen LogP contribution in [-0.4, -0.2) is 28.6 Å². The van der Waals surface area contributed by atoms with Gasteiger partial charge in [0.15, 0.2) is 0 Å². The van der Waals surface area contributed by atoms with Crippen molar-refractivity contribution in [2.24, 2.45) is 0 Å². The molecule has 0 unspecified atom stereocenters. The molecule has 0 aliphatic heterocycles. The van der Waals surface area contributed by atoms with Crippen LogP contribution in [0.25, 0.3) is 0 Å². The van der Waals surface area contributed by atoms with Crippen LogP contribution >= 0.6 is 11.6 Å². The van der Waals surface area contributed by atoms with Crippen molar-refractivity contribution in [1.82, 2.24) is 5.32 Å². The van der Waals surface area contributed by atoms with Gasteiger partial charge in [0.1, 0.15) is 12.3 Å². The quantitative estimate of drug-likeness (QED) is 0.739. The lowest BCUT2D eigenvalue weighted by molar-refractivity contribution is -0.137. The molecule has 0 atom stereocenters. The van der Waals surface area contributed by atoms with Crippen molar-refractivity contribution in [2.75, 3.05) is 6.54 Å². The Kier molecular flexibility index (Phi) is 4.78. The van der Waals surface area contributed by atoms with E-state index in [1.165, 1.54) is 6.07 Å². The number of rotatable bonds is 5. The molecule has 1 rings (SSSR count). The fourth-order valence-corrected chi connectivity index (χ4v) is 1.46. The fourth-order valence-electron chi connectivity index (χ4n) is 1.27. The minimum atomic E-state index is -1.09. The Balaban J connectivity index is 2.47. The standard InChI is InChI=1S/C11H12ClNO4/c12-8-2-3-9(14)7(5-8)1-4-10(15)13-6-11(16)17/h2-3,5,14H,1,4,6H2,(H,13,15)(H,16,17). The fraction of sp³-hybridized carbons (Fsp3) is 0.273. The SMILES string of the molecule is O=C(O)CNC(=O)CCc1cc(Cl)ccc1O. The zero-order valence-electron chi connectivity index (χ0n) is 8.94. The van der Waals surface area contributed by atoms with Crippen LogP contribution in [0.2, 0.25) is 5.02 Å². The molecule has 1 aromatic rings. The number of carbonyl (C=O) groups is 2. The number of amides is 1. The van der Waals surface area contributed by atoms with Gasteiger partial charge < -0.3 is 15.5 Å². The van der Waals surface area contributed by atoms with Crippen LogP contribution in [0.3, 0.4) is 0 Å². The molecule has 0 heterocycles. The van der Waals surface area contributed by atoms with Crippen LogP contribution in [0.4, 0.5) is 0 Å². The van der Waals surface area contributed by atoms with E-state index in [1.54, 1.807) is 12.1 Å². The largest absolute Gasteiger partial charge is 0.508 e. The molecule has 1 amide bonds. The average Bonchev–Trinajstić information content (AvgIpc) is 2.27. The maximum atomic E-state index is 11.2. The van der Waals surface area contributed by atoms with Crippen LogP contribution in [0, 0.1) is 0 Å². The Morgan fingerprint density at radius 1 is 1.35 bits per heavy atom. The topological polar surface area (TPSA) is 86.6 Å². The van der Waals surface area contributed by atoms with Gasteiger partial charge >= 0.3 is 5.97 Å². The number of phenols is 1. The highest BCUT2D eigenvalue weighted by molar-refractivity contribution is 6.30. The second-order valence-corrected chi connectivity index (χ2v) is 3.88. The second-order valence-electron chi connectivity index (χ2n) is 3.44. The lowest BCUT2D eigenvalue weighted by atomic mass is 10.1. The van der Waals surface area contributed by atoms with E-state index in [9.17, 15) is 14.7 Å². The van der Waals surface area contributed by atoms with Crippen LogP contribution in [0.15, 0.2) is 18.2 Å².